The molecule has 1 heterocycles. The van der Waals surface area contributed by atoms with Crippen LogP contribution in [0.1, 0.15) is 47.1 Å². The highest BCUT2D eigenvalue weighted by atomic mass is 16.7. The largest absolute Gasteiger partial charge is 0.442 e. The van der Waals surface area contributed by atoms with Crippen LogP contribution in [0.3, 0.4) is 0 Å². The highest BCUT2D eigenvalue weighted by Crippen LogP contribution is 2.37. The lowest BCUT2D eigenvalue weighted by atomic mass is 9.80. The summed E-state index contributed by atoms with van der Waals surface area (Å²) in [4.78, 5) is 29.5. The predicted octanol–water partition coefficient (Wildman–Crippen LogP) is 3.62. The fourth-order valence-corrected chi connectivity index (χ4v) is 3.05. The lowest BCUT2D eigenvalue weighted by molar-refractivity contribution is -0.163. The molecule has 1 N–H and O–H groups in total. The minimum atomic E-state index is -0.825. The average molecular weight is 393 g/mol. The van der Waals surface area contributed by atoms with Gasteiger partial charge in [-0.15, -0.1) is 5.48 Å². The smallest absolute Gasteiger partial charge is 0.441 e. The highest BCUT2D eigenvalue weighted by Gasteiger charge is 2.49. The third-order valence-electron chi connectivity index (χ3n) is 4.23. The second-order valence-corrected chi connectivity index (χ2v) is 9.01. The first-order valence-electron chi connectivity index (χ1n) is 9.44. The van der Waals surface area contributed by atoms with Crippen LogP contribution < -0.4 is 5.48 Å². The van der Waals surface area contributed by atoms with Crippen LogP contribution in [0.15, 0.2) is 30.3 Å². The van der Waals surface area contributed by atoms with E-state index in [9.17, 15) is 9.59 Å². The molecule has 1 aliphatic rings. The van der Waals surface area contributed by atoms with Crippen LogP contribution in [0, 0.1) is 11.3 Å². The topological polar surface area (TPSA) is 83.1 Å². The Bertz CT molecular complexity index is 662. The number of hydrogen-bond acceptors (Lipinski definition) is 6. The second-order valence-electron chi connectivity index (χ2n) is 9.01. The zero-order valence-corrected chi connectivity index (χ0v) is 17.5. The maximum Gasteiger partial charge on any atom is 0.441 e. The Morgan fingerprint density at radius 3 is 2.32 bits per heavy atom. The Balaban J connectivity index is 2.02. The van der Waals surface area contributed by atoms with E-state index in [1.165, 1.54) is 0 Å². The number of hydrogen-bond donors (Lipinski definition) is 1. The zero-order chi connectivity index (χ0) is 20.9. The molecule has 0 radical (unpaired) electrons. The number of benzene rings is 1. The third-order valence-corrected chi connectivity index (χ3v) is 4.23. The van der Waals surface area contributed by atoms with Crippen molar-refractivity contribution in [1.82, 2.24) is 5.48 Å². The van der Waals surface area contributed by atoms with Gasteiger partial charge in [-0.3, -0.25) is 0 Å². The molecule has 3 unspecified atom stereocenters. The molecule has 0 spiro atoms. The van der Waals surface area contributed by atoms with E-state index >= 15 is 0 Å². The molecule has 156 valence electrons. The normalized spacial score (nSPS) is 22.6. The Hall–Kier alpha value is -2.12. The third kappa shape index (κ3) is 6.49. The average Bonchev–Trinajstić information content (AvgIpc) is 3.01. The van der Waals surface area contributed by atoms with Crippen molar-refractivity contribution in [2.45, 2.75) is 66.0 Å². The van der Waals surface area contributed by atoms with E-state index in [0.29, 0.717) is 6.61 Å². The van der Waals surface area contributed by atoms with Crippen molar-refractivity contribution in [2.24, 2.45) is 11.3 Å². The van der Waals surface area contributed by atoms with Crippen molar-refractivity contribution in [3.63, 3.8) is 0 Å². The minimum absolute atomic E-state index is 0.279. The summed E-state index contributed by atoms with van der Waals surface area (Å²) in [5.41, 5.74) is 2.06. The summed E-state index contributed by atoms with van der Waals surface area (Å²) < 4.78 is 16.9. The standard InChI is InChI=1S/C21H31NO6/c1-20(2,3)17-16(18(23)28-22-19(24)27-21(4,5)6)15(13-26-17)25-12-14-10-8-7-9-11-14/h7-11,15-17H,12-13H2,1-6H3,(H,22,24). The molecule has 3 atom stereocenters. The summed E-state index contributed by atoms with van der Waals surface area (Å²) in [7, 11) is 0. The van der Waals surface area contributed by atoms with Crippen LogP contribution in [0.25, 0.3) is 0 Å². The Kier molecular flexibility index (Phi) is 7.06. The summed E-state index contributed by atoms with van der Waals surface area (Å²) in [5, 5.41) is 0. The molecule has 0 aromatic heterocycles. The van der Waals surface area contributed by atoms with Gasteiger partial charge in [0.25, 0.3) is 0 Å². The molecule has 1 aromatic carbocycles. The molecule has 1 aliphatic heterocycles. The molecule has 1 aromatic rings. The van der Waals surface area contributed by atoms with Crippen LogP contribution in [-0.4, -0.2) is 36.5 Å². The van der Waals surface area contributed by atoms with E-state index in [2.05, 4.69) is 5.48 Å². The fourth-order valence-electron chi connectivity index (χ4n) is 3.05. The number of hydroxylamine groups is 1. The quantitative estimate of drug-likeness (QED) is 0.787. The number of amides is 1. The first-order chi connectivity index (χ1) is 13.0. The number of rotatable bonds is 4. The van der Waals surface area contributed by atoms with Crippen molar-refractivity contribution in [3.8, 4) is 0 Å². The number of carbonyl (C=O) groups is 2. The molecular weight excluding hydrogens is 362 g/mol. The van der Waals surface area contributed by atoms with Gasteiger partial charge in [0.1, 0.15) is 11.5 Å². The maximum absolute atomic E-state index is 12.7. The molecule has 1 fully saturated rings. The van der Waals surface area contributed by atoms with E-state index in [4.69, 9.17) is 19.0 Å². The van der Waals surface area contributed by atoms with Gasteiger partial charge >= 0.3 is 12.1 Å². The van der Waals surface area contributed by atoms with Gasteiger partial charge in [0.15, 0.2) is 0 Å². The zero-order valence-electron chi connectivity index (χ0n) is 17.5. The molecule has 0 bridgehead atoms. The van der Waals surface area contributed by atoms with Gasteiger partial charge in [0, 0.05) is 0 Å². The van der Waals surface area contributed by atoms with Crippen molar-refractivity contribution in [3.05, 3.63) is 35.9 Å². The highest BCUT2D eigenvalue weighted by molar-refractivity contribution is 5.76. The van der Waals surface area contributed by atoms with Crippen LogP contribution in [0.5, 0.6) is 0 Å². The molecule has 0 saturated carbocycles. The summed E-state index contributed by atoms with van der Waals surface area (Å²) in [6, 6.07) is 9.69. The van der Waals surface area contributed by atoms with Gasteiger partial charge in [-0.25, -0.2) is 9.59 Å². The fraction of sp³-hybridized carbons (Fsp3) is 0.619. The summed E-state index contributed by atoms with van der Waals surface area (Å²) in [5.74, 6) is -1.28. The summed E-state index contributed by atoms with van der Waals surface area (Å²) >= 11 is 0. The Labute approximate surface area is 166 Å². The SMILES string of the molecule is CC(C)(C)OC(=O)NOC(=O)C1C(OCc2ccccc2)COC1C(C)(C)C. The Morgan fingerprint density at radius 1 is 1.11 bits per heavy atom. The predicted molar refractivity (Wildman–Crippen MR) is 103 cm³/mol. The van der Waals surface area contributed by atoms with Crippen LogP contribution in [0.4, 0.5) is 4.79 Å². The van der Waals surface area contributed by atoms with E-state index in [0.717, 1.165) is 5.56 Å². The van der Waals surface area contributed by atoms with Gasteiger partial charge in [-0.05, 0) is 31.7 Å². The van der Waals surface area contributed by atoms with E-state index in [1.807, 2.05) is 51.1 Å². The van der Waals surface area contributed by atoms with E-state index < -0.39 is 35.8 Å². The number of carbonyl (C=O) groups excluding carboxylic acids is 2. The van der Waals surface area contributed by atoms with Crippen LogP contribution in [0.2, 0.25) is 0 Å². The molecule has 1 amide bonds. The first-order valence-corrected chi connectivity index (χ1v) is 9.44. The maximum atomic E-state index is 12.7. The van der Waals surface area contributed by atoms with Gasteiger partial charge in [0.05, 0.1) is 25.4 Å². The lowest BCUT2D eigenvalue weighted by Gasteiger charge is -2.31. The van der Waals surface area contributed by atoms with Gasteiger partial charge in [-0.1, -0.05) is 51.1 Å². The number of ether oxygens (including phenoxy) is 3. The molecule has 7 nitrogen and oxygen atoms in total. The molecule has 0 aliphatic carbocycles. The van der Waals surface area contributed by atoms with Crippen LogP contribution >= 0.6 is 0 Å². The van der Waals surface area contributed by atoms with Crippen molar-refractivity contribution >= 4 is 12.1 Å². The second kappa shape index (κ2) is 8.92. The van der Waals surface area contributed by atoms with Gasteiger partial charge in [-0.2, -0.15) is 0 Å². The van der Waals surface area contributed by atoms with Gasteiger partial charge < -0.3 is 19.0 Å². The summed E-state index contributed by atoms with van der Waals surface area (Å²) in [6.45, 7) is 11.8. The first kappa shape index (κ1) is 22.2. The minimum Gasteiger partial charge on any atom is -0.442 e. The van der Waals surface area contributed by atoms with Crippen LogP contribution in [-0.2, 0) is 30.4 Å². The van der Waals surface area contributed by atoms with Crippen molar-refractivity contribution < 1.29 is 28.6 Å². The lowest BCUT2D eigenvalue weighted by Crippen LogP contribution is -2.44. The monoisotopic (exact) mass is 393 g/mol. The van der Waals surface area contributed by atoms with E-state index in [1.54, 1.807) is 20.8 Å². The molecule has 28 heavy (non-hydrogen) atoms. The van der Waals surface area contributed by atoms with Crippen molar-refractivity contribution in [1.29, 1.82) is 0 Å². The summed E-state index contributed by atoms with van der Waals surface area (Å²) in [6.07, 6.45) is -1.70. The molecular formula is C21H31NO6. The van der Waals surface area contributed by atoms with Crippen molar-refractivity contribution in [2.75, 3.05) is 6.61 Å². The van der Waals surface area contributed by atoms with Gasteiger partial charge in [0.2, 0.25) is 0 Å². The molecule has 2 rings (SSSR count). The molecule has 7 heteroatoms. The Morgan fingerprint density at radius 2 is 1.75 bits per heavy atom. The number of nitrogens with one attached hydrogen (secondary N) is 1. The van der Waals surface area contributed by atoms with E-state index in [-0.39, 0.29) is 12.0 Å². The molecule has 1 saturated heterocycles.